The van der Waals surface area contributed by atoms with Gasteiger partial charge in [0.2, 0.25) is 0 Å². The second-order valence-corrected chi connectivity index (χ2v) is 4.80. The Morgan fingerprint density at radius 1 is 1.73 bits per heavy atom. The van der Waals surface area contributed by atoms with Crippen LogP contribution in [-0.4, -0.2) is 30.1 Å². The summed E-state index contributed by atoms with van der Waals surface area (Å²) in [6, 6.07) is 1.83. The molecule has 5 heteroatoms. The van der Waals surface area contributed by atoms with Crippen LogP contribution in [0.1, 0.15) is 10.5 Å². The minimum absolute atomic E-state index is 0.00454. The van der Waals surface area contributed by atoms with E-state index >= 15 is 0 Å². The van der Waals surface area contributed by atoms with Crippen molar-refractivity contribution in [1.29, 1.82) is 0 Å². The van der Waals surface area contributed by atoms with Gasteiger partial charge in [0.25, 0.3) is 5.91 Å². The molecule has 0 aromatic carbocycles. The standard InChI is InChI=1S/C10H14BrN3O/c1-14-6-8(11)2-9(14)10(15)13-5-7-3-12-4-7/h2,6-7,12H,3-5H2,1H3,(H,13,15). The van der Waals surface area contributed by atoms with Crippen molar-refractivity contribution in [2.75, 3.05) is 19.6 Å². The largest absolute Gasteiger partial charge is 0.350 e. The Morgan fingerprint density at radius 3 is 2.93 bits per heavy atom. The van der Waals surface area contributed by atoms with E-state index < -0.39 is 0 Å². The quantitative estimate of drug-likeness (QED) is 0.852. The number of hydrogen-bond acceptors (Lipinski definition) is 2. The summed E-state index contributed by atoms with van der Waals surface area (Å²) >= 11 is 3.35. The van der Waals surface area contributed by atoms with Gasteiger partial charge in [-0.15, -0.1) is 0 Å². The van der Waals surface area contributed by atoms with E-state index in [1.54, 1.807) is 0 Å². The normalized spacial score (nSPS) is 16.1. The molecular weight excluding hydrogens is 258 g/mol. The fourth-order valence-corrected chi connectivity index (χ4v) is 2.09. The van der Waals surface area contributed by atoms with Crippen LogP contribution in [-0.2, 0) is 7.05 Å². The summed E-state index contributed by atoms with van der Waals surface area (Å²) in [6.45, 7) is 2.78. The van der Waals surface area contributed by atoms with Gasteiger partial charge < -0.3 is 15.2 Å². The van der Waals surface area contributed by atoms with E-state index in [0.717, 1.165) is 24.1 Å². The Bertz CT molecular complexity index is 371. The summed E-state index contributed by atoms with van der Waals surface area (Å²) in [5.41, 5.74) is 0.689. The van der Waals surface area contributed by atoms with Crippen molar-refractivity contribution in [2.24, 2.45) is 13.0 Å². The van der Waals surface area contributed by atoms with Gasteiger partial charge in [-0.3, -0.25) is 4.79 Å². The molecule has 1 fully saturated rings. The van der Waals surface area contributed by atoms with Gasteiger partial charge in [0.15, 0.2) is 0 Å². The third-order valence-electron chi connectivity index (χ3n) is 2.62. The number of amides is 1. The maximum absolute atomic E-state index is 11.8. The van der Waals surface area contributed by atoms with Crippen LogP contribution in [0.15, 0.2) is 16.7 Å². The molecule has 0 bridgehead atoms. The van der Waals surface area contributed by atoms with Crippen LogP contribution in [0.5, 0.6) is 0 Å². The molecule has 1 aliphatic rings. The Morgan fingerprint density at radius 2 is 2.47 bits per heavy atom. The van der Waals surface area contributed by atoms with Crippen molar-refractivity contribution in [3.63, 3.8) is 0 Å². The van der Waals surface area contributed by atoms with Crippen molar-refractivity contribution in [3.05, 3.63) is 22.4 Å². The summed E-state index contributed by atoms with van der Waals surface area (Å²) in [5, 5.41) is 6.11. The summed E-state index contributed by atoms with van der Waals surface area (Å²) in [7, 11) is 1.87. The van der Waals surface area contributed by atoms with Gasteiger partial charge in [-0.2, -0.15) is 0 Å². The number of aromatic nitrogens is 1. The Kier molecular flexibility index (Phi) is 3.11. The van der Waals surface area contributed by atoms with E-state index in [-0.39, 0.29) is 5.91 Å². The molecular formula is C10H14BrN3O. The molecule has 0 aliphatic carbocycles. The lowest BCUT2D eigenvalue weighted by molar-refractivity contribution is 0.0934. The zero-order valence-corrected chi connectivity index (χ0v) is 10.2. The van der Waals surface area contributed by atoms with E-state index in [0.29, 0.717) is 11.6 Å². The molecule has 1 aromatic heterocycles. The minimum Gasteiger partial charge on any atom is -0.350 e. The van der Waals surface area contributed by atoms with Crippen LogP contribution in [0, 0.1) is 5.92 Å². The van der Waals surface area contributed by atoms with Gasteiger partial charge in [0, 0.05) is 43.3 Å². The molecule has 2 N–H and O–H groups in total. The van der Waals surface area contributed by atoms with Crippen LogP contribution in [0.3, 0.4) is 0 Å². The van der Waals surface area contributed by atoms with Crippen LogP contribution in [0.25, 0.3) is 0 Å². The highest BCUT2D eigenvalue weighted by Crippen LogP contribution is 2.13. The van der Waals surface area contributed by atoms with Gasteiger partial charge in [-0.1, -0.05) is 0 Å². The molecule has 15 heavy (non-hydrogen) atoms. The molecule has 82 valence electrons. The first-order valence-electron chi connectivity index (χ1n) is 4.97. The van der Waals surface area contributed by atoms with Crippen molar-refractivity contribution in [3.8, 4) is 0 Å². The first kappa shape index (κ1) is 10.7. The number of hydrogen-bond donors (Lipinski definition) is 2. The first-order chi connectivity index (χ1) is 7.16. The molecule has 0 spiro atoms. The number of nitrogens with one attached hydrogen (secondary N) is 2. The SMILES string of the molecule is Cn1cc(Br)cc1C(=O)NCC1CNC1. The molecule has 0 saturated carbocycles. The van der Waals surface area contributed by atoms with Crippen molar-refractivity contribution in [1.82, 2.24) is 15.2 Å². The molecule has 1 aliphatic heterocycles. The molecule has 1 saturated heterocycles. The first-order valence-corrected chi connectivity index (χ1v) is 5.77. The summed E-state index contributed by atoms with van der Waals surface area (Å²) in [5.74, 6) is 0.591. The van der Waals surface area contributed by atoms with Crippen LogP contribution in [0.2, 0.25) is 0 Å². The summed E-state index contributed by atoms with van der Waals surface area (Å²) in [6.07, 6.45) is 1.87. The molecule has 2 rings (SSSR count). The fourth-order valence-electron chi connectivity index (χ4n) is 1.57. The number of carbonyl (C=O) groups is 1. The van der Waals surface area contributed by atoms with E-state index in [1.807, 2.05) is 23.9 Å². The summed E-state index contributed by atoms with van der Waals surface area (Å²) < 4.78 is 2.75. The third kappa shape index (κ3) is 2.41. The monoisotopic (exact) mass is 271 g/mol. The molecule has 0 unspecified atom stereocenters. The lowest BCUT2D eigenvalue weighted by Gasteiger charge is -2.27. The predicted molar refractivity (Wildman–Crippen MR) is 61.8 cm³/mol. The van der Waals surface area contributed by atoms with Gasteiger partial charge in [-0.05, 0) is 22.0 Å². The highest BCUT2D eigenvalue weighted by Gasteiger charge is 2.18. The average molecular weight is 272 g/mol. The average Bonchev–Trinajstić information content (AvgIpc) is 2.42. The second-order valence-electron chi connectivity index (χ2n) is 3.89. The summed E-state index contributed by atoms with van der Waals surface area (Å²) in [4.78, 5) is 11.8. The van der Waals surface area contributed by atoms with Gasteiger partial charge in [0.05, 0.1) is 0 Å². The highest BCUT2D eigenvalue weighted by atomic mass is 79.9. The van der Waals surface area contributed by atoms with Crippen molar-refractivity contribution < 1.29 is 4.79 Å². The Hall–Kier alpha value is -0.810. The smallest absolute Gasteiger partial charge is 0.267 e. The fraction of sp³-hybridized carbons (Fsp3) is 0.500. The molecule has 0 radical (unpaired) electrons. The highest BCUT2D eigenvalue weighted by molar-refractivity contribution is 9.10. The second kappa shape index (κ2) is 4.37. The number of carbonyl (C=O) groups excluding carboxylic acids is 1. The van der Waals surface area contributed by atoms with Gasteiger partial charge in [-0.25, -0.2) is 0 Å². The lowest BCUT2D eigenvalue weighted by Crippen LogP contribution is -2.48. The van der Waals surface area contributed by atoms with E-state index in [1.165, 1.54) is 0 Å². The van der Waals surface area contributed by atoms with Crippen LogP contribution >= 0.6 is 15.9 Å². The third-order valence-corrected chi connectivity index (χ3v) is 3.06. The van der Waals surface area contributed by atoms with Crippen LogP contribution in [0.4, 0.5) is 0 Å². The van der Waals surface area contributed by atoms with E-state index in [4.69, 9.17) is 0 Å². The molecule has 0 atom stereocenters. The molecule has 2 heterocycles. The maximum Gasteiger partial charge on any atom is 0.267 e. The van der Waals surface area contributed by atoms with Gasteiger partial charge in [0.1, 0.15) is 5.69 Å². The minimum atomic E-state index is -0.00454. The maximum atomic E-state index is 11.8. The lowest BCUT2D eigenvalue weighted by atomic mass is 10.0. The zero-order chi connectivity index (χ0) is 10.8. The Labute approximate surface area is 97.2 Å². The number of nitrogens with zero attached hydrogens (tertiary/aromatic N) is 1. The van der Waals surface area contributed by atoms with Crippen molar-refractivity contribution in [2.45, 2.75) is 0 Å². The van der Waals surface area contributed by atoms with E-state index in [2.05, 4.69) is 26.6 Å². The zero-order valence-electron chi connectivity index (χ0n) is 8.59. The number of halogens is 1. The van der Waals surface area contributed by atoms with Gasteiger partial charge >= 0.3 is 0 Å². The molecule has 1 aromatic rings. The topological polar surface area (TPSA) is 46.1 Å². The predicted octanol–water partition coefficient (Wildman–Crippen LogP) is 0.737. The van der Waals surface area contributed by atoms with E-state index in [9.17, 15) is 4.79 Å². The number of rotatable bonds is 3. The Balaban J connectivity index is 1.92. The molecule has 4 nitrogen and oxygen atoms in total. The van der Waals surface area contributed by atoms with Crippen molar-refractivity contribution >= 4 is 21.8 Å². The number of aryl methyl sites for hydroxylation is 1. The van der Waals surface area contributed by atoms with Crippen LogP contribution < -0.4 is 10.6 Å². The molecule has 1 amide bonds.